The minimum Gasteiger partial charge on any atom is -0.491 e. The third kappa shape index (κ3) is 11.0. The van der Waals surface area contributed by atoms with Gasteiger partial charge >= 0.3 is 5.97 Å². The van der Waals surface area contributed by atoms with E-state index in [4.69, 9.17) is 14.2 Å². The van der Waals surface area contributed by atoms with Crippen LogP contribution >= 0.6 is 24.0 Å². The summed E-state index contributed by atoms with van der Waals surface area (Å²) < 4.78 is 16.1. The molecule has 0 bridgehead atoms. The summed E-state index contributed by atoms with van der Waals surface area (Å²) in [7, 11) is 3.29. The van der Waals surface area contributed by atoms with Crippen molar-refractivity contribution in [1.82, 2.24) is 10.6 Å². The second-order valence-corrected chi connectivity index (χ2v) is 6.82. The van der Waals surface area contributed by atoms with Crippen molar-refractivity contribution in [2.75, 3.05) is 33.9 Å². The van der Waals surface area contributed by atoms with E-state index in [0.29, 0.717) is 25.7 Å². The third-order valence-corrected chi connectivity index (χ3v) is 3.26. The van der Waals surface area contributed by atoms with Crippen molar-refractivity contribution in [2.45, 2.75) is 39.8 Å². The fourth-order valence-electron chi connectivity index (χ4n) is 2.11. The number of aliphatic imine (C=N–C) groups is 1. The second-order valence-electron chi connectivity index (χ2n) is 6.82. The highest BCUT2D eigenvalue weighted by atomic mass is 127. The van der Waals surface area contributed by atoms with Gasteiger partial charge in [-0.05, 0) is 39.3 Å². The largest absolute Gasteiger partial charge is 0.491 e. The molecule has 0 heterocycles. The Kier molecular flexibility index (Phi) is 12.0. The molecule has 0 aliphatic heterocycles. The zero-order valence-electron chi connectivity index (χ0n) is 17.0. The van der Waals surface area contributed by atoms with E-state index >= 15 is 0 Å². The number of hydrogen-bond acceptors (Lipinski definition) is 5. The predicted molar refractivity (Wildman–Crippen MR) is 118 cm³/mol. The number of rotatable bonds is 8. The number of carbonyl (C=O) groups is 1. The molecule has 0 atom stereocenters. The van der Waals surface area contributed by atoms with E-state index in [9.17, 15) is 4.79 Å². The number of benzene rings is 1. The molecule has 0 saturated heterocycles. The lowest BCUT2D eigenvalue weighted by molar-refractivity contribution is -0.153. The fraction of sp³-hybridized carbons (Fsp3) is 0.579. The summed E-state index contributed by atoms with van der Waals surface area (Å²) in [5.74, 6) is 0.982. The van der Waals surface area contributed by atoms with E-state index in [1.54, 1.807) is 14.2 Å². The Morgan fingerprint density at radius 2 is 1.89 bits per heavy atom. The summed E-state index contributed by atoms with van der Waals surface area (Å²) in [5, 5.41) is 6.12. The van der Waals surface area contributed by atoms with Gasteiger partial charge in [-0.2, -0.15) is 0 Å². The fourth-order valence-corrected chi connectivity index (χ4v) is 2.11. The Bertz CT molecular complexity index is 615. The molecule has 0 saturated carbocycles. The number of carbonyl (C=O) groups excluding carboxylic acids is 1. The first kappa shape index (κ1) is 25.4. The Labute approximate surface area is 179 Å². The van der Waals surface area contributed by atoms with E-state index in [1.165, 1.54) is 0 Å². The molecule has 8 heteroatoms. The lowest BCUT2D eigenvalue weighted by Crippen LogP contribution is -2.41. The Morgan fingerprint density at radius 1 is 1.19 bits per heavy atom. The SMILES string of the molecule is CN=C(NCC(=O)OC(C)(C)C)NCc1ccc(C)cc1OCCOC.I. The van der Waals surface area contributed by atoms with Gasteiger partial charge < -0.3 is 24.8 Å². The number of guanidine groups is 1. The van der Waals surface area contributed by atoms with E-state index < -0.39 is 5.60 Å². The molecule has 0 aromatic heterocycles. The molecule has 2 N–H and O–H groups in total. The van der Waals surface area contributed by atoms with Gasteiger partial charge in [0.25, 0.3) is 0 Å². The molecule has 1 rings (SSSR count). The molecular formula is C19H32IN3O4. The van der Waals surface area contributed by atoms with Crippen LogP contribution < -0.4 is 15.4 Å². The highest BCUT2D eigenvalue weighted by molar-refractivity contribution is 14.0. The lowest BCUT2D eigenvalue weighted by Gasteiger charge is -2.20. The zero-order chi connectivity index (χ0) is 19.6. The quantitative estimate of drug-likeness (QED) is 0.191. The molecule has 1 aromatic carbocycles. The highest BCUT2D eigenvalue weighted by Gasteiger charge is 2.16. The van der Waals surface area contributed by atoms with E-state index in [-0.39, 0.29) is 36.5 Å². The number of halogens is 1. The first-order valence-corrected chi connectivity index (χ1v) is 8.63. The minimum atomic E-state index is -0.508. The zero-order valence-corrected chi connectivity index (χ0v) is 19.4. The Hall–Kier alpha value is -1.55. The van der Waals surface area contributed by atoms with Crippen LogP contribution in [0.1, 0.15) is 31.9 Å². The van der Waals surface area contributed by atoms with Gasteiger partial charge in [0.05, 0.1) is 6.61 Å². The van der Waals surface area contributed by atoms with Crippen molar-refractivity contribution in [2.24, 2.45) is 4.99 Å². The standard InChI is InChI=1S/C19H31N3O4.HI/c1-14-7-8-15(16(11-14)25-10-9-24-6)12-21-18(20-5)22-13-17(23)26-19(2,3)4;/h7-8,11H,9-10,12-13H2,1-6H3,(H2,20,21,22);1H. The molecule has 7 nitrogen and oxygen atoms in total. The van der Waals surface area contributed by atoms with Crippen molar-refractivity contribution in [3.8, 4) is 5.75 Å². The van der Waals surface area contributed by atoms with Crippen LogP contribution in [0, 0.1) is 6.92 Å². The van der Waals surface area contributed by atoms with Crippen LogP contribution in [0.15, 0.2) is 23.2 Å². The highest BCUT2D eigenvalue weighted by Crippen LogP contribution is 2.20. The van der Waals surface area contributed by atoms with Crippen LogP contribution in [0.3, 0.4) is 0 Å². The minimum absolute atomic E-state index is 0. The van der Waals surface area contributed by atoms with E-state index in [2.05, 4.69) is 15.6 Å². The number of aryl methyl sites for hydroxylation is 1. The molecule has 0 aliphatic carbocycles. The van der Waals surface area contributed by atoms with Gasteiger partial charge in [-0.3, -0.25) is 9.79 Å². The van der Waals surface area contributed by atoms with Gasteiger partial charge in [0.1, 0.15) is 24.5 Å². The number of nitrogens with zero attached hydrogens (tertiary/aromatic N) is 1. The third-order valence-electron chi connectivity index (χ3n) is 3.26. The molecule has 1 aromatic rings. The van der Waals surface area contributed by atoms with Gasteiger partial charge in [0.2, 0.25) is 0 Å². The average molecular weight is 493 g/mol. The summed E-state index contributed by atoms with van der Waals surface area (Å²) in [4.78, 5) is 15.9. The lowest BCUT2D eigenvalue weighted by atomic mass is 10.1. The van der Waals surface area contributed by atoms with Crippen LogP contribution in [0.4, 0.5) is 0 Å². The predicted octanol–water partition coefficient (Wildman–Crippen LogP) is 2.64. The number of methoxy groups -OCH3 is 1. The first-order chi connectivity index (χ1) is 12.2. The molecule has 0 aliphatic rings. The Morgan fingerprint density at radius 3 is 2.48 bits per heavy atom. The molecule has 0 amide bonds. The smallest absolute Gasteiger partial charge is 0.325 e. The monoisotopic (exact) mass is 493 g/mol. The molecule has 0 radical (unpaired) electrons. The second kappa shape index (κ2) is 12.8. The number of esters is 1. The van der Waals surface area contributed by atoms with Gasteiger partial charge in [-0.25, -0.2) is 0 Å². The maximum absolute atomic E-state index is 11.8. The average Bonchev–Trinajstić information content (AvgIpc) is 2.55. The van der Waals surface area contributed by atoms with Gasteiger partial charge in [0.15, 0.2) is 5.96 Å². The van der Waals surface area contributed by atoms with Gasteiger partial charge in [0, 0.05) is 26.3 Å². The maximum atomic E-state index is 11.8. The number of ether oxygens (including phenoxy) is 3. The van der Waals surface area contributed by atoms with Crippen molar-refractivity contribution in [1.29, 1.82) is 0 Å². The summed E-state index contributed by atoms with van der Waals surface area (Å²) >= 11 is 0. The summed E-state index contributed by atoms with van der Waals surface area (Å²) in [6.45, 7) is 9.08. The summed E-state index contributed by atoms with van der Waals surface area (Å²) in [5.41, 5.74) is 1.60. The van der Waals surface area contributed by atoms with Crippen molar-refractivity contribution in [3.05, 3.63) is 29.3 Å². The molecular weight excluding hydrogens is 461 g/mol. The van der Waals surface area contributed by atoms with Gasteiger partial charge in [-0.15, -0.1) is 24.0 Å². The van der Waals surface area contributed by atoms with Crippen molar-refractivity contribution < 1.29 is 19.0 Å². The normalized spacial score (nSPS) is 11.4. The van der Waals surface area contributed by atoms with Crippen molar-refractivity contribution in [3.63, 3.8) is 0 Å². The summed E-state index contributed by atoms with van der Waals surface area (Å²) in [6, 6.07) is 6.02. The van der Waals surface area contributed by atoms with Gasteiger partial charge in [-0.1, -0.05) is 12.1 Å². The molecule has 0 spiro atoms. The summed E-state index contributed by atoms with van der Waals surface area (Å²) in [6.07, 6.45) is 0. The number of hydrogen-bond donors (Lipinski definition) is 2. The molecule has 27 heavy (non-hydrogen) atoms. The van der Waals surface area contributed by atoms with E-state index in [0.717, 1.165) is 16.9 Å². The van der Waals surface area contributed by atoms with E-state index in [1.807, 2.05) is 45.9 Å². The molecule has 154 valence electrons. The van der Waals surface area contributed by atoms with Crippen LogP contribution in [-0.2, 0) is 20.8 Å². The van der Waals surface area contributed by atoms with Crippen LogP contribution in [-0.4, -0.2) is 51.4 Å². The first-order valence-electron chi connectivity index (χ1n) is 8.63. The molecule has 0 unspecified atom stereocenters. The van der Waals surface area contributed by atoms with Crippen LogP contribution in [0.2, 0.25) is 0 Å². The topological polar surface area (TPSA) is 81.2 Å². The van der Waals surface area contributed by atoms with Crippen LogP contribution in [0.5, 0.6) is 5.75 Å². The van der Waals surface area contributed by atoms with Crippen molar-refractivity contribution >= 4 is 35.9 Å². The number of nitrogens with one attached hydrogen (secondary N) is 2. The van der Waals surface area contributed by atoms with Crippen LogP contribution in [0.25, 0.3) is 0 Å². The maximum Gasteiger partial charge on any atom is 0.325 e. The Balaban J connectivity index is 0.00000676. The molecule has 0 fully saturated rings.